The zero-order valence-electron chi connectivity index (χ0n) is 8.99. The average Bonchev–Trinajstić information content (AvgIpc) is 2.98. The third kappa shape index (κ3) is 1.47. The van der Waals surface area contributed by atoms with Gasteiger partial charge in [0.15, 0.2) is 0 Å². The molecule has 1 aromatic carbocycles. The lowest BCUT2D eigenvalue weighted by Gasteiger charge is -2.02. The van der Waals surface area contributed by atoms with Gasteiger partial charge in [0, 0.05) is 11.8 Å². The molecule has 80 valence electrons. The largest absolute Gasteiger partial charge is 0.359 e. The summed E-state index contributed by atoms with van der Waals surface area (Å²) in [5.41, 5.74) is 4.21. The Kier molecular flexibility index (Phi) is 2.13. The number of carbonyl (C=O) groups is 1. The third-order valence-electron chi connectivity index (χ3n) is 3.20. The van der Waals surface area contributed by atoms with Gasteiger partial charge in [-0.2, -0.15) is 0 Å². The van der Waals surface area contributed by atoms with E-state index in [1.165, 1.54) is 17.5 Å². The normalized spacial score (nSPS) is 13.8. The van der Waals surface area contributed by atoms with Crippen molar-refractivity contribution in [2.24, 2.45) is 0 Å². The molecular weight excluding hydrogens is 198 g/mol. The zero-order valence-corrected chi connectivity index (χ0v) is 8.99. The van der Waals surface area contributed by atoms with Gasteiger partial charge in [-0.3, -0.25) is 4.79 Å². The van der Waals surface area contributed by atoms with Gasteiger partial charge in [0.1, 0.15) is 0 Å². The second-order valence-electron chi connectivity index (χ2n) is 4.25. The molecule has 2 aromatic rings. The summed E-state index contributed by atoms with van der Waals surface area (Å²) in [4.78, 5) is 15.0. The van der Waals surface area contributed by atoms with Crippen LogP contribution in [0.5, 0.6) is 0 Å². The van der Waals surface area contributed by atoms with E-state index in [1.807, 2.05) is 24.3 Å². The summed E-state index contributed by atoms with van der Waals surface area (Å²) in [5, 5.41) is 0. The highest BCUT2D eigenvalue weighted by Gasteiger charge is 2.15. The van der Waals surface area contributed by atoms with E-state index in [9.17, 15) is 4.79 Å². The Labute approximate surface area is 94.3 Å². The molecule has 1 heterocycles. The summed E-state index contributed by atoms with van der Waals surface area (Å²) in [6, 6.07) is 9.74. The van der Waals surface area contributed by atoms with Crippen LogP contribution in [0.15, 0.2) is 36.5 Å². The molecule has 1 aromatic heterocycles. The number of nitrogens with one attached hydrogen (secondary N) is 1. The monoisotopic (exact) mass is 211 g/mol. The van der Waals surface area contributed by atoms with E-state index >= 15 is 0 Å². The van der Waals surface area contributed by atoms with Gasteiger partial charge in [-0.1, -0.05) is 12.1 Å². The molecule has 0 aliphatic heterocycles. The predicted molar refractivity (Wildman–Crippen MR) is 62.7 cm³/mol. The molecule has 1 aliphatic carbocycles. The van der Waals surface area contributed by atoms with E-state index < -0.39 is 0 Å². The number of hydrogen-bond donors (Lipinski definition) is 1. The predicted octanol–water partition coefficient (Wildman–Crippen LogP) is 2.73. The van der Waals surface area contributed by atoms with Crippen LogP contribution in [0.1, 0.15) is 33.6 Å². The lowest BCUT2D eigenvalue weighted by atomic mass is 10.0. The van der Waals surface area contributed by atoms with Crippen molar-refractivity contribution in [3.63, 3.8) is 0 Å². The van der Waals surface area contributed by atoms with Gasteiger partial charge in [-0.15, -0.1) is 0 Å². The number of aromatic amines is 1. The summed E-state index contributed by atoms with van der Waals surface area (Å²) in [7, 11) is 0. The highest BCUT2D eigenvalue weighted by molar-refractivity contribution is 6.07. The minimum absolute atomic E-state index is 0.0831. The van der Waals surface area contributed by atoms with Crippen LogP contribution in [-0.4, -0.2) is 10.8 Å². The number of hydrogen-bond acceptors (Lipinski definition) is 1. The Bertz CT molecular complexity index is 526. The molecule has 2 nitrogen and oxygen atoms in total. The third-order valence-corrected chi connectivity index (χ3v) is 3.20. The Morgan fingerprint density at radius 1 is 1.12 bits per heavy atom. The highest BCUT2D eigenvalue weighted by Crippen LogP contribution is 2.23. The van der Waals surface area contributed by atoms with Crippen molar-refractivity contribution < 1.29 is 4.79 Å². The molecule has 0 bridgehead atoms. The molecule has 0 saturated carbocycles. The summed E-state index contributed by atoms with van der Waals surface area (Å²) >= 11 is 0. The van der Waals surface area contributed by atoms with Crippen LogP contribution >= 0.6 is 0 Å². The van der Waals surface area contributed by atoms with Gasteiger partial charge in [0.2, 0.25) is 5.78 Å². The van der Waals surface area contributed by atoms with E-state index in [0.29, 0.717) is 5.69 Å². The van der Waals surface area contributed by atoms with Crippen LogP contribution in [-0.2, 0) is 12.8 Å². The van der Waals surface area contributed by atoms with Crippen molar-refractivity contribution in [3.8, 4) is 0 Å². The van der Waals surface area contributed by atoms with Crippen molar-refractivity contribution in [1.29, 1.82) is 0 Å². The fraction of sp³-hybridized carbons (Fsp3) is 0.214. The van der Waals surface area contributed by atoms with Gasteiger partial charge < -0.3 is 4.98 Å². The highest BCUT2D eigenvalue weighted by atomic mass is 16.1. The van der Waals surface area contributed by atoms with Gasteiger partial charge in [0.05, 0.1) is 5.69 Å². The number of carbonyl (C=O) groups excluding carboxylic acids is 1. The van der Waals surface area contributed by atoms with Crippen LogP contribution in [0.2, 0.25) is 0 Å². The molecule has 2 heteroatoms. The second kappa shape index (κ2) is 3.63. The Morgan fingerprint density at radius 3 is 2.81 bits per heavy atom. The maximum atomic E-state index is 12.1. The van der Waals surface area contributed by atoms with Crippen molar-refractivity contribution >= 4 is 5.78 Å². The molecular formula is C14H13NO. The first-order chi connectivity index (χ1) is 7.84. The molecule has 0 fully saturated rings. The number of H-pyrrole nitrogens is 1. The van der Waals surface area contributed by atoms with Gasteiger partial charge in [-0.05, 0) is 48.6 Å². The van der Waals surface area contributed by atoms with Gasteiger partial charge in [0.25, 0.3) is 0 Å². The fourth-order valence-corrected chi connectivity index (χ4v) is 2.34. The zero-order chi connectivity index (χ0) is 11.0. The molecule has 0 atom stereocenters. The van der Waals surface area contributed by atoms with Gasteiger partial charge in [-0.25, -0.2) is 0 Å². The molecule has 16 heavy (non-hydrogen) atoms. The maximum absolute atomic E-state index is 12.1. The summed E-state index contributed by atoms with van der Waals surface area (Å²) < 4.78 is 0. The van der Waals surface area contributed by atoms with Crippen LogP contribution in [0.3, 0.4) is 0 Å². The van der Waals surface area contributed by atoms with E-state index in [0.717, 1.165) is 18.4 Å². The van der Waals surface area contributed by atoms with E-state index in [1.54, 1.807) is 6.20 Å². The van der Waals surface area contributed by atoms with E-state index in [4.69, 9.17) is 0 Å². The minimum Gasteiger partial charge on any atom is -0.359 e. The lowest BCUT2D eigenvalue weighted by molar-refractivity contribution is 0.103. The Hall–Kier alpha value is -1.83. The van der Waals surface area contributed by atoms with E-state index in [-0.39, 0.29) is 5.78 Å². The summed E-state index contributed by atoms with van der Waals surface area (Å²) in [6.45, 7) is 0. The van der Waals surface area contributed by atoms with E-state index in [2.05, 4.69) is 11.1 Å². The van der Waals surface area contributed by atoms with Gasteiger partial charge >= 0.3 is 0 Å². The molecule has 0 spiro atoms. The number of benzene rings is 1. The summed E-state index contributed by atoms with van der Waals surface area (Å²) in [5.74, 6) is 0.0831. The van der Waals surface area contributed by atoms with Crippen molar-refractivity contribution in [3.05, 3.63) is 58.9 Å². The molecule has 0 amide bonds. The fourth-order valence-electron chi connectivity index (χ4n) is 2.34. The molecule has 3 rings (SSSR count). The Morgan fingerprint density at radius 2 is 2.00 bits per heavy atom. The van der Waals surface area contributed by atoms with Crippen molar-refractivity contribution in [2.75, 3.05) is 0 Å². The number of rotatable bonds is 2. The molecule has 0 unspecified atom stereocenters. The average molecular weight is 211 g/mol. The standard InChI is InChI=1S/C14H13NO/c16-14(13-5-2-8-15-13)12-7-6-10-3-1-4-11(10)9-12/h2,5-9,15H,1,3-4H2. The SMILES string of the molecule is O=C(c1ccc2c(c1)CCC2)c1ccc[nH]1. The van der Waals surface area contributed by atoms with Crippen LogP contribution < -0.4 is 0 Å². The van der Waals surface area contributed by atoms with Crippen molar-refractivity contribution in [1.82, 2.24) is 4.98 Å². The lowest BCUT2D eigenvalue weighted by Crippen LogP contribution is -2.02. The Balaban J connectivity index is 1.99. The van der Waals surface area contributed by atoms with Crippen LogP contribution in [0, 0.1) is 0 Å². The first-order valence-electron chi connectivity index (χ1n) is 5.64. The number of aromatic nitrogens is 1. The second-order valence-corrected chi connectivity index (χ2v) is 4.25. The quantitative estimate of drug-likeness (QED) is 0.761. The summed E-state index contributed by atoms with van der Waals surface area (Å²) in [6.07, 6.45) is 5.27. The number of fused-ring (bicyclic) bond motifs is 1. The molecule has 0 radical (unpaired) electrons. The molecule has 1 aliphatic rings. The molecule has 0 saturated heterocycles. The number of aryl methyl sites for hydroxylation is 2. The first kappa shape index (κ1) is 9.40. The topological polar surface area (TPSA) is 32.9 Å². The smallest absolute Gasteiger partial charge is 0.209 e. The minimum atomic E-state index is 0.0831. The maximum Gasteiger partial charge on any atom is 0.209 e. The van der Waals surface area contributed by atoms with Crippen LogP contribution in [0.4, 0.5) is 0 Å². The number of ketones is 1. The molecule has 1 N–H and O–H groups in total. The van der Waals surface area contributed by atoms with Crippen molar-refractivity contribution in [2.45, 2.75) is 19.3 Å². The first-order valence-corrected chi connectivity index (χ1v) is 5.64. The van der Waals surface area contributed by atoms with Crippen LogP contribution in [0.25, 0.3) is 0 Å².